The van der Waals surface area contributed by atoms with Gasteiger partial charge in [-0.2, -0.15) is 0 Å². The largest absolute Gasteiger partial charge is 0.269 e. The second-order valence-electron chi connectivity index (χ2n) is 5.13. The van der Waals surface area contributed by atoms with E-state index in [1.165, 1.54) is 12.1 Å². The lowest BCUT2D eigenvalue weighted by Gasteiger charge is -2.12. The van der Waals surface area contributed by atoms with Crippen LogP contribution in [0.2, 0.25) is 0 Å². The number of non-ortho nitro benzene ring substituents is 1. The molecule has 0 amide bonds. The molecule has 4 nitrogen and oxygen atoms in total. The summed E-state index contributed by atoms with van der Waals surface area (Å²) in [5.74, 6) is 0. The Morgan fingerprint density at radius 1 is 0.957 bits per heavy atom. The highest BCUT2D eigenvalue weighted by atomic mass is 79.9. The topological polar surface area (TPSA) is 56.0 Å². The van der Waals surface area contributed by atoms with Crippen LogP contribution in [-0.2, 0) is 0 Å². The van der Waals surface area contributed by atoms with E-state index in [-0.39, 0.29) is 5.69 Å². The lowest BCUT2D eigenvalue weighted by Crippen LogP contribution is -1.93. The molecule has 0 unspecified atom stereocenters. The third kappa shape index (κ3) is 3.14. The average molecular weight is 369 g/mol. The number of aryl methyl sites for hydroxylation is 1. The van der Waals surface area contributed by atoms with Crippen molar-refractivity contribution in [2.45, 2.75) is 6.92 Å². The van der Waals surface area contributed by atoms with Crippen molar-refractivity contribution >= 4 is 21.6 Å². The Bertz CT molecular complexity index is 859. The van der Waals surface area contributed by atoms with Gasteiger partial charge in [-0.05, 0) is 53.9 Å². The zero-order valence-electron chi connectivity index (χ0n) is 12.4. The highest BCUT2D eigenvalue weighted by molar-refractivity contribution is 9.10. The van der Waals surface area contributed by atoms with Crippen molar-refractivity contribution in [1.82, 2.24) is 4.98 Å². The Morgan fingerprint density at radius 2 is 1.57 bits per heavy atom. The molecule has 0 atom stereocenters. The van der Waals surface area contributed by atoms with E-state index >= 15 is 0 Å². The number of nitro groups is 1. The summed E-state index contributed by atoms with van der Waals surface area (Å²) in [4.78, 5) is 14.8. The van der Waals surface area contributed by atoms with Gasteiger partial charge in [-0.1, -0.05) is 28.1 Å². The third-order valence-electron chi connectivity index (χ3n) is 3.66. The average Bonchev–Trinajstić information content (AvgIpc) is 2.56. The molecule has 0 saturated heterocycles. The molecule has 0 N–H and O–H groups in total. The van der Waals surface area contributed by atoms with Crippen molar-refractivity contribution in [3.8, 4) is 22.3 Å². The van der Waals surface area contributed by atoms with Gasteiger partial charge in [0.1, 0.15) is 0 Å². The van der Waals surface area contributed by atoms with E-state index < -0.39 is 4.92 Å². The minimum atomic E-state index is -0.392. The van der Waals surface area contributed by atoms with E-state index in [1.807, 2.05) is 37.3 Å². The smallest absolute Gasteiger partial charge is 0.261 e. The molecular formula is C18H13BrN2O2. The number of pyridine rings is 1. The molecule has 0 aliphatic carbocycles. The lowest BCUT2D eigenvalue weighted by atomic mass is 9.94. The summed E-state index contributed by atoms with van der Waals surface area (Å²) >= 11 is 3.44. The number of nitro benzene ring substituents is 1. The van der Waals surface area contributed by atoms with Crippen molar-refractivity contribution in [3.05, 3.63) is 81.1 Å². The van der Waals surface area contributed by atoms with Crippen molar-refractivity contribution in [3.63, 3.8) is 0 Å². The number of hydrogen-bond donors (Lipinski definition) is 0. The number of halogens is 1. The van der Waals surface area contributed by atoms with Gasteiger partial charge in [0.15, 0.2) is 0 Å². The molecule has 5 heteroatoms. The van der Waals surface area contributed by atoms with Crippen LogP contribution in [0.25, 0.3) is 22.3 Å². The summed E-state index contributed by atoms with van der Waals surface area (Å²) < 4.78 is 1.01. The predicted molar refractivity (Wildman–Crippen MR) is 94.2 cm³/mol. The molecule has 0 saturated carbocycles. The summed E-state index contributed by atoms with van der Waals surface area (Å²) in [6, 6.07) is 16.6. The van der Waals surface area contributed by atoms with Crippen LogP contribution in [0.5, 0.6) is 0 Å². The molecule has 114 valence electrons. The van der Waals surface area contributed by atoms with Gasteiger partial charge in [0, 0.05) is 34.1 Å². The molecule has 1 heterocycles. The lowest BCUT2D eigenvalue weighted by molar-refractivity contribution is -0.384. The molecule has 23 heavy (non-hydrogen) atoms. The van der Waals surface area contributed by atoms with E-state index in [0.29, 0.717) is 0 Å². The fourth-order valence-electron chi connectivity index (χ4n) is 2.55. The van der Waals surface area contributed by atoms with Crippen LogP contribution in [0, 0.1) is 17.0 Å². The molecule has 3 aromatic rings. The Morgan fingerprint density at radius 3 is 2.17 bits per heavy atom. The molecular weight excluding hydrogens is 356 g/mol. The fraction of sp³-hybridized carbons (Fsp3) is 0.0556. The number of benzene rings is 2. The van der Waals surface area contributed by atoms with Gasteiger partial charge >= 0.3 is 0 Å². The van der Waals surface area contributed by atoms with E-state index in [9.17, 15) is 10.1 Å². The Labute approximate surface area is 142 Å². The Kier molecular flexibility index (Phi) is 4.21. The molecule has 1 aromatic heterocycles. The van der Waals surface area contributed by atoms with Gasteiger partial charge in [0.25, 0.3) is 5.69 Å². The second kappa shape index (κ2) is 6.30. The van der Waals surface area contributed by atoms with Crippen molar-refractivity contribution in [2.24, 2.45) is 0 Å². The van der Waals surface area contributed by atoms with Crippen molar-refractivity contribution < 1.29 is 4.92 Å². The zero-order chi connectivity index (χ0) is 16.4. The van der Waals surface area contributed by atoms with Gasteiger partial charge < -0.3 is 0 Å². The monoisotopic (exact) mass is 368 g/mol. The van der Waals surface area contributed by atoms with Gasteiger partial charge in [-0.25, -0.2) is 0 Å². The number of hydrogen-bond acceptors (Lipinski definition) is 3. The van der Waals surface area contributed by atoms with Gasteiger partial charge in [-0.15, -0.1) is 0 Å². The minimum absolute atomic E-state index is 0.0877. The first kappa shape index (κ1) is 15.4. The summed E-state index contributed by atoms with van der Waals surface area (Å²) in [6.07, 6.45) is 1.76. The molecule has 0 fully saturated rings. The predicted octanol–water partition coefficient (Wildman–Crippen LogP) is 5.39. The van der Waals surface area contributed by atoms with E-state index in [2.05, 4.69) is 20.9 Å². The molecule has 0 aliphatic rings. The summed E-state index contributed by atoms with van der Waals surface area (Å²) in [5.41, 5.74) is 5.04. The minimum Gasteiger partial charge on any atom is -0.261 e. The standard InChI is InChI=1S/C18H13BrN2O2/c1-12-18(14-2-6-15(19)7-3-14)17(10-11-20-12)13-4-8-16(9-5-13)21(22)23/h2-11H,1H3. The van der Waals surface area contributed by atoms with Crippen LogP contribution >= 0.6 is 15.9 Å². The Hall–Kier alpha value is -2.53. The first-order chi connectivity index (χ1) is 11.1. The van der Waals surface area contributed by atoms with Crippen LogP contribution in [-0.4, -0.2) is 9.91 Å². The third-order valence-corrected chi connectivity index (χ3v) is 4.19. The van der Waals surface area contributed by atoms with Crippen LogP contribution in [0.4, 0.5) is 5.69 Å². The highest BCUT2D eigenvalue weighted by Crippen LogP contribution is 2.34. The quantitative estimate of drug-likeness (QED) is 0.459. The van der Waals surface area contributed by atoms with Gasteiger partial charge in [0.05, 0.1) is 4.92 Å². The first-order valence-corrected chi connectivity index (χ1v) is 7.82. The van der Waals surface area contributed by atoms with Gasteiger partial charge in [0.2, 0.25) is 0 Å². The first-order valence-electron chi connectivity index (χ1n) is 7.02. The molecule has 2 aromatic carbocycles. The summed E-state index contributed by atoms with van der Waals surface area (Å²) in [7, 11) is 0. The fourth-order valence-corrected chi connectivity index (χ4v) is 2.81. The van der Waals surface area contributed by atoms with Crippen LogP contribution < -0.4 is 0 Å². The van der Waals surface area contributed by atoms with E-state index in [4.69, 9.17) is 0 Å². The van der Waals surface area contributed by atoms with Crippen molar-refractivity contribution in [2.75, 3.05) is 0 Å². The molecule has 0 spiro atoms. The van der Waals surface area contributed by atoms with Crippen LogP contribution in [0.1, 0.15) is 5.69 Å². The number of nitrogens with zero attached hydrogens (tertiary/aromatic N) is 2. The van der Waals surface area contributed by atoms with E-state index in [0.717, 1.165) is 32.4 Å². The van der Waals surface area contributed by atoms with Crippen molar-refractivity contribution in [1.29, 1.82) is 0 Å². The second-order valence-corrected chi connectivity index (χ2v) is 6.05. The SMILES string of the molecule is Cc1nccc(-c2ccc([N+](=O)[O-])cc2)c1-c1ccc(Br)cc1. The maximum absolute atomic E-state index is 10.8. The number of aromatic nitrogens is 1. The normalized spacial score (nSPS) is 10.5. The van der Waals surface area contributed by atoms with Crippen LogP contribution in [0.15, 0.2) is 65.3 Å². The molecule has 0 aliphatic heterocycles. The maximum atomic E-state index is 10.8. The summed E-state index contributed by atoms with van der Waals surface area (Å²) in [6.45, 7) is 1.96. The molecule has 0 radical (unpaired) electrons. The molecule has 3 rings (SSSR count). The van der Waals surface area contributed by atoms with Gasteiger partial charge in [-0.3, -0.25) is 15.1 Å². The zero-order valence-corrected chi connectivity index (χ0v) is 13.9. The Balaban J connectivity index is 2.14. The number of rotatable bonds is 3. The highest BCUT2D eigenvalue weighted by Gasteiger charge is 2.12. The van der Waals surface area contributed by atoms with E-state index in [1.54, 1.807) is 18.3 Å². The maximum Gasteiger partial charge on any atom is 0.269 e. The molecule has 0 bridgehead atoms. The van der Waals surface area contributed by atoms with Crippen LogP contribution in [0.3, 0.4) is 0 Å². The summed E-state index contributed by atoms with van der Waals surface area (Å²) in [5, 5.41) is 10.8.